The second-order valence-corrected chi connectivity index (χ2v) is 9.19. The molecular weight excluding hydrogens is 531 g/mol. The van der Waals surface area contributed by atoms with E-state index in [4.69, 9.17) is 4.52 Å². The monoisotopic (exact) mass is 558 g/mol. The van der Waals surface area contributed by atoms with Gasteiger partial charge in [-0.3, -0.25) is 4.99 Å². The lowest BCUT2D eigenvalue weighted by Crippen LogP contribution is -2.54. The lowest BCUT2D eigenvalue weighted by Gasteiger charge is -2.35. The van der Waals surface area contributed by atoms with Crippen LogP contribution in [0.3, 0.4) is 0 Å². The number of piperazine rings is 1. The van der Waals surface area contributed by atoms with Crippen molar-refractivity contribution < 1.29 is 12.9 Å². The fraction of sp³-hybridized carbons (Fsp3) is 0.400. The molecule has 0 spiro atoms. The Balaban J connectivity index is 0.00000272. The highest BCUT2D eigenvalue weighted by Gasteiger charge is 2.28. The molecule has 1 fully saturated rings. The molecule has 31 heavy (non-hydrogen) atoms. The van der Waals surface area contributed by atoms with Gasteiger partial charge in [-0.25, -0.2) is 8.42 Å². The predicted octanol–water partition coefficient (Wildman–Crippen LogP) is 2.04. The first-order chi connectivity index (χ1) is 14.6. The largest absolute Gasteiger partial charge is 0.364 e. The number of nitrogens with zero attached hydrogens (tertiary/aromatic N) is 4. The molecule has 3 heterocycles. The van der Waals surface area contributed by atoms with Crippen LogP contribution in [0.25, 0.3) is 10.9 Å². The number of H-pyrrole nitrogens is 1. The van der Waals surface area contributed by atoms with Gasteiger partial charge in [-0.15, -0.1) is 24.0 Å². The minimum absolute atomic E-state index is 0. The number of fused-ring (bicyclic) bond motifs is 1. The maximum Gasteiger partial charge on any atom is 0.220 e. The third-order valence-electron chi connectivity index (χ3n) is 5.32. The molecule has 0 atom stereocenters. The summed E-state index contributed by atoms with van der Waals surface area (Å²) in [5.74, 6) is 0.657. The zero-order valence-electron chi connectivity index (χ0n) is 17.3. The Hall–Kier alpha value is -2.12. The third-order valence-corrected chi connectivity index (χ3v) is 7.13. The van der Waals surface area contributed by atoms with Gasteiger partial charge in [0.1, 0.15) is 12.0 Å². The summed E-state index contributed by atoms with van der Waals surface area (Å²) in [6, 6.07) is 9.83. The van der Waals surface area contributed by atoms with Crippen molar-refractivity contribution in [2.75, 3.05) is 39.8 Å². The molecule has 0 amide bonds. The number of halogens is 1. The van der Waals surface area contributed by atoms with Gasteiger partial charge in [0.2, 0.25) is 10.0 Å². The molecular formula is C20H27IN6O3S. The van der Waals surface area contributed by atoms with Crippen LogP contribution >= 0.6 is 24.0 Å². The normalized spacial score (nSPS) is 15.8. The van der Waals surface area contributed by atoms with E-state index in [0.717, 1.165) is 24.4 Å². The van der Waals surface area contributed by atoms with E-state index in [1.165, 1.54) is 21.5 Å². The number of aliphatic imine (C=N–C) groups is 1. The van der Waals surface area contributed by atoms with Crippen molar-refractivity contribution in [1.29, 1.82) is 0 Å². The average molecular weight is 558 g/mol. The Kier molecular flexibility index (Phi) is 7.94. The highest BCUT2D eigenvalue weighted by molar-refractivity contribution is 14.0. The van der Waals surface area contributed by atoms with Gasteiger partial charge in [0, 0.05) is 62.9 Å². The van der Waals surface area contributed by atoms with Crippen LogP contribution in [0.1, 0.15) is 11.3 Å². The summed E-state index contributed by atoms with van der Waals surface area (Å²) >= 11 is 0. The van der Waals surface area contributed by atoms with Crippen molar-refractivity contribution in [3.8, 4) is 0 Å². The molecule has 0 saturated carbocycles. The molecule has 168 valence electrons. The van der Waals surface area contributed by atoms with Gasteiger partial charge in [0.15, 0.2) is 5.96 Å². The van der Waals surface area contributed by atoms with Crippen LogP contribution < -0.4 is 5.32 Å². The molecule has 1 aliphatic heterocycles. The van der Waals surface area contributed by atoms with Crippen molar-refractivity contribution in [3.63, 3.8) is 0 Å². The number of aromatic nitrogens is 2. The highest BCUT2D eigenvalue weighted by Crippen LogP contribution is 2.18. The average Bonchev–Trinajstić information content (AvgIpc) is 3.41. The van der Waals surface area contributed by atoms with Crippen LogP contribution in [-0.4, -0.2) is 73.5 Å². The Bertz CT molecular complexity index is 1110. The topological polar surface area (TPSA) is 107 Å². The van der Waals surface area contributed by atoms with Crippen LogP contribution in [0, 0.1) is 0 Å². The predicted molar refractivity (Wildman–Crippen MR) is 131 cm³/mol. The van der Waals surface area contributed by atoms with Gasteiger partial charge >= 0.3 is 0 Å². The summed E-state index contributed by atoms with van der Waals surface area (Å²) in [5, 5.41) is 8.34. The fourth-order valence-electron chi connectivity index (χ4n) is 3.75. The van der Waals surface area contributed by atoms with Crippen molar-refractivity contribution in [3.05, 3.63) is 54.0 Å². The zero-order valence-corrected chi connectivity index (χ0v) is 20.5. The first kappa shape index (κ1) is 23.5. The van der Waals surface area contributed by atoms with E-state index in [2.05, 4.69) is 37.5 Å². The number of rotatable bonds is 6. The Morgan fingerprint density at radius 2 is 2.00 bits per heavy atom. The summed E-state index contributed by atoms with van der Waals surface area (Å²) in [7, 11) is -1.66. The van der Waals surface area contributed by atoms with Crippen LogP contribution in [-0.2, 0) is 22.2 Å². The van der Waals surface area contributed by atoms with Crippen molar-refractivity contribution >= 4 is 50.9 Å². The molecule has 2 aromatic heterocycles. The van der Waals surface area contributed by atoms with E-state index in [9.17, 15) is 8.42 Å². The van der Waals surface area contributed by atoms with Gasteiger partial charge in [0.05, 0.1) is 5.69 Å². The molecule has 0 unspecified atom stereocenters. The molecule has 0 radical (unpaired) electrons. The van der Waals surface area contributed by atoms with Crippen molar-refractivity contribution in [2.24, 2.45) is 4.99 Å². The lowest BCUT2D eigenvalue weighted by molar-refractivity contribution is 0.260. The van der Waals surface area contributed by atoms with Gasteiger partial charge in [-0.2, -0.15) is 4.31 Å². The standard InChI is InChI=1S/C20H26N6O3S.HI/c1-21-20(22-8-6-16-14-23-19-5-3-2-4-18(16)19)25-9-11-26(12-10-25)30(27,28)15-17-7-13-29-24-17;/h2-5,7,13-14,23H,6,8-12,15H2,1H3,(H,21,22);1H. The number of benzene rings is 1. The molecule has 11 heteroatoms. The second kappa shape index (κ2) is 10.5. The molecule has 0 bridgehead atoms. The van der Waals surface area contributed by atoms with Gasteiger partial charge in [-0.1, -0.05) is 23.4 Å². The molecule has 1 saturated heterocycles. The lowest BCUT2D eigenvalue weighted by atomic mass is 10.1. The summed E-state index contributed by atoms with van der Waals surface area (Å²) in [6.07, 6.45) is 4.30. The summed E-state index contributed by atoms with van der Waals surface area (Å²) in [5.41, 5.74) is 2.82. The Labute approximate surface area is 198 Å². The molecule has 1 aliphatic rings. The molecule has 4 rings (SSSR count). The number of sulfonamides is 1. The second-order valence-electron chi connectivity index (χ2n) is 7.22. The summed E-state index contributed by atoms with van der Waals surface area (Å²) in [6.45, 7) is 2.77. The van der Waals surface area contributed by atoms with Gasteiger partial charge < -0.3 is 19.7 Å². The smallest absolute Gasteiger partial charge is 0.220 e. The van der Waals surface area contributed by atoms with Crippen LogP contribution in [0.4, 0.5) is 0 Å². The minimum Gasteiger partial charge on any atom is -0.364 e. The van der Waals surface area contributed by atoms with E-state index in [1.807, 2.05) is 18.3 Å². The first-order valence-corrected chi connectivity index (χ1v) is 11.6. The molecule has 1 aromatic carbocycles. The van der Waals surface area contributed by atoms with E-state index in [0.29, 0.717) is 31.9 Å². The van der Waals surface area contributed by atoms with Gasteiger partial charge in [0.25, 0.3) is 0 Å². The molecule has 3 aromatic rings. The van der Waals surface area contributed by atoms with Crippen LogP contribution in [0.15, 0.2) is 52.3 Å². The molecule has 0 aliphatic carbocycles. The number of hydrogen-bond acceptors (Lipinski definition) is 5. The number of nitrogens with one attached hydrogen (secondary N) is 2. The van der Waals surface area contributed by atoms with E-state index < -0.39 is 10.0 Å². The minimum atomic E-state index is -3.41. The van der Waals surface area contributed by atoms with E-state index >= 15 is 0 Å². The number of guanidine groups is 1. The number of hydrogen-bond donors (Lipinski definition) is 2. The van der Waals surface area contributed by atoms with Crippen LogP contribution in [0.2, 0.25) is 0 Å². The zero-order chi connectivity index (χ0) is 21.0. The molecule has 2 N–H and O–H groups in total. The third kappa shape index (κ3) is 5.57. The van der Waals surface area contributed by atoms with Crippen LogP contribution in [0.5, 0.6) is 0 Å². The number of aromatic amines is 1. The van der Waals surface area contributed by atoms with E-state index in [-0.39, 0.29) is 29.7 Å². The van der Waals surface area contributed by atoms with Crippen molar-refractivity contribution in [2.45, 2.75) is 12.2 Å². The van der Waals surface area contributed by atoms with Gasteiger partial charge in [-0.05, 0) is 18.1 Å². The maximum absolute atomic E-state index is 12.6. The Morgan fingerprint density at radius 1 is 1.23 bits per heavy atom. The highest BCUT2D eigenvalue weighted by atomic mass is 127. The van der Waals surface area contributed by atoms with E-state index in [1.54, 1.807) is 13.1 Å². The summed E-state index contributed by atoms with van der Waals surface area (Å²) < 4.78 is 31.4. The summed E-state index contributed by atoms with van der Waals surface area (Å²) in [4.78, 5) is 9.77. The quantitative estimate of drug-likeness (QED) is 0.273. The number of para-hydroxylation sites is 1. The SMILES string of the molecule is CN=C(NCCc1c[nH]c2ccccc12)N1CCN(S(=O)(=O)Cc2ccon2)CC1.I. The first-order valence-electron chi connectivity index (χ1n) is 9.94. The Morgan fingerprint density at radius 3 is 2.71 bits per heavy atom. The fourth-order valence-corrected chi connectivity index (χ4v) is 5.17. The van der Waals surface area contributed by atoms with Crippen molar-refractivity contribution in [1.82, 2.24) is 24.7 Å². The molecule has 9 nitrogen and oxygen atoms in total. The maximum atomic E-state index is 12.6.